The minimum Gasteiger partial charge on any atom is -0.496 e. The van der Waals surface area contributed by atoms with E-state index in [1.54, 1.807) is 7.11 Å². The molecular formula is C17H17O3S4+. The van der Waals surface area contributed by atoms with E-state index < -0.39 is 0 Å². The number of aliphatic hydroxyl groups excluding tert-OH is 1. The van der Waals surface area contributed by atoms with Gasteiger partial charge in [-0.2, -0.15) is 0 Å². The molecule has 0 amide bonds. The van der Waals surface area contributed by atoms with Gasteiger partial charge in [-0.1, -0.05) is 23.5 Å². The van der Waals surface area contributed by atoms with Gasteiger partial charge in [0.05, 0.1) is 37.1 Å². The quantitative estimate of drug-likeness (QED) is 0.750. The number of benzene rings is 1. The molecule has 1 N–H and O–H groups in total. The lowest BCUT2D eigenvalue weighted by Gasteiger charge is -2.13. The van der Waals surface area contributed by atoms with Gasteiger partial charge in [-0.05, 0) is 40.3 Å². The van der Waals surface area contributed by atoms with Crippen LogP contribution in [0.3, 0.4) is 0 Å². The van der Waals surface area contributed by atoms with Crippen LogP contribution in [0.15, 0.2) is 42.2 Å². The molecule has 126 valence electrons. The molecule has 1 aromatic carbocycles. The number of aliphatic hydroxyl groups is 1. The van der Waals surface area contributed by atoms with Crippen molar-refractivity contribution >= 4 is 46.2 Å². The lowest BCUT2D eigenvalue weighted by molar-refractivity contribution is 0.279. The van der Waals surface area contributed by atoms with Crippen LogP contribution < -0.4 is 9.47 Å². The number of rotatable bonds is 4. The second-order valence-electron chi connectivity index (χ2n) is 5.44. The van der Waals surface area contributed by atoms with E-state index in [1.165, 1.54) is 8.47 Å². The van der Waals surface area contributed by atoms with Crippen LogP contribution >= 0.6 is 35.3 Å². The second kappa shape index (κ2) is 7.33. The van der Waals surface area contributed by atoms with Crippen LogP contribution in [-0.2, 0) is 17.5 Å². The highest BCUT2D eigenvalue weighted by atomic mass is 32.2. The van der Waals surface area contributed by atoms with Crippen LogP contribution in [0, 0.1) is 0 Å². The summed E-state index contributed by atoms with van der Waals surface area (Å²) in [5, 5.41) is 18.3. The number of hydrogen-bond acceptors (Lipinski definition) is 6. The Balaban J connectivity index is 1.60. The Hall–Kier alpha value is -0.600. The fourth-order valence-electron chi connectivity index (χ4n) is 2.93. The molecule has 0 aromatic heterocycles. The van der Waals surface area contributed by atoms with Gasteiger partial charge in [0.15, 0.2) is 0 Å². The maximum Gasteiger partial charge on any atom is 0.218 e. The standard InChI is InChI=1S/C17H17O3S4/c1-19-13-6-11(8-18)7-14-15(13)12(9-20-14)10-24-5-4-23-17(24)16-21-2-3-22-16/h2-7,12,18H,8-10H2,1H3/q+1. The number of methoxy groups -OCH3 is 1. The molecule has 24 heavy (non-hydrogen) atoms. The van der Waals surface area contributed by atoms with E-state index in [9.17, 15) is 5.11 Å². The Labute approximate surface area is 157 Å². The van der Waals surface area contributed by atoms with Gasteiger partial charge >= 0.3 is 0 Å². The fraction of sp³-hybridized carbons (Fsp3) is 0.294. The molecule has 3 heterocycles. The average molecular weight is 398 g/mol. The zero-order chi connectivity index (χ0) is 16.5. The minimum absolute atomic E-state index is 0.000881. The van der Waals surface area contributed by atoms with E-state index >= 15 is 0 Å². The molecule has 0 saturated carbocycles. The summed E-state index contributed by atoms with van der Waals surface area (Å²) in [6.45, 7) is 0.683. The number of thioether (sulfide) groups is 3. The molecule has 0 bridgehead atoms. The first-order chi connectivity index (χ1) is 11.8. The zero-order valence-corrected chi connectivity index (χ0v) is 16.3. The summed E-state index contributed by atoms with van der Waals surface area (Å²) in [6.07, 6.45) is 0. The van der Waals surface area contributed by atoms with Gasteiger partial charge in [-0.15, -0.1) is 0 Å². The monoisotopic (exact) mass is 397 g/mol. The molecule has 4 rings (SSSR count). The molecule has 3 nitrogen and oxygen atoms in total. The van der Waals surface area contributed by atoms with Crippen LogP contribution in [0.2, 0.25) is 0 Å². The highest BCUT2D eigenvalue weighted by Gasteiger charge is 2.39. The molecule has 0 spiro atoms. The van der Waals surface area contributed by atoms with Crippen molar-refractivity contribution in [1.82, 2.24) is 0 Å². The lowest BCUT2D eigenvalue weighted by Crippen LogP contribution is -2.14. The predicted molar refractivity (Wildman–Crippen MR) is 107 cm³/mol. The Morgan fingerprint density at radius 3 is 2.83 bits per heavy atom. The molecule has 2 atom stereocenters. The van der Waals surface area contributed by atoms with Gasteiger partial charge in [0, 0.05) is 11.0 Å². The Bertz CT molecular complexity index is 732. The van der Waals surface area contributed by atoms with Crippen molar-refractivity contribution < 1.29 is 14.6 Å². The van der Waals surface area contributed by atoms with Crippen molar-refractivity contribution in [2.24, 2.45) is 0 Å². The highest BCUT2D eigenvalue weighted by Crippen LogP contribution is 2.50. The molecule has 0 fully saturated rings. The Morgan fingerprint density at radius 2 is 2.08 bits per heavy atom. The van der Waals surface area contributed by atoms with Crippen LogP contribution in [0.25, 0.3) is 0 Å². The van der Waals surface area contributed by atoms with Crippen LogP contribution in [0.5, 0.6) is 11.5 Å². The third-order valence-corrected chi connectivity index (χ3v) is 10.3. The Morgan fingerprint density at radius 1 is 1.25 bits per heavy atom. The molecular weight excluding hydrogens is 380 g/mol. The first kappa shape index (κ1) is 16.8. The molecule has 0 saturated heterocycles. The molecule has 3 aliphatic rings. The molecule has 2 unspecified atom stereocenters. The largest absolute Gasteiger partial charge is 0.496 e. The molecule has 1 aromatic rings. The normalized spacial score (nSPS) is 24.6. The van der Waals surface area contributed by atoms with Crippen molar-refractivity contribution in [2.75, 3.05) is 19.5 Å². The van der Waals surface area contributed by atoms with Gasteiger partial charge < -0.3 is 14.6 Å². The predicted octanol–water partition coefficient (Wildman–Crippen LogP) is 4.58. The summed E-state index contributed by atoms with van der Waals surface area (Å²) >= 11 is 5.50. The van der Waals surface area contributed by atoms with Crippen molar-refractivity contribution in [3.63, 3.8) is 0 Å². The number of hydrogen-bond donors (Lipinski definition) is 1. The van der Waals surface area contributed by atoms with Crippen molar-refractivity contribution in [1.29, 1.82) is 0 Å². The SMILES string of the molecule is COc1cc(CO)cc2c1C(C[S+]1C=CSC1=C1SC=CS1)CO2. The summed E-state index contributed by atoms with van der Waals surface area (Å²) in [7, 11) is 1.81. The van der Waals surface area contributed by atoms with E-state index in [-0.39, 0.29) is 17.5 Å². The first-order valence-corrected chi connectivity index (χ1v) is 11.6. The van der Waals surface area contributed by atoms with Crippen LogP contribution in [0.4, 0.5) is 0 Å². The summed E-state index contributed by atoms with van der Waals surface area (Å²) in [5.41, 5.74) is 1.99. The van der Waals surface area contributed by atoms with Gasteiger partial charge in [-0.3, -0.25) is 0 Å². The van der Waals surface area contributed by atoms with E-state index in [0.29, 0.717) is 12.5 Å². The summed E-state index contributed by atoms with van der Waals surface area (Å²) < 4.78 is 14.4. The average Bonchev–Trinajstić information content (AvgIpc) is 3.34. The van der Waals surface area contributed by atoms with E-state index in [1.807, 2.05) is 47.4 Å². The van der Waals surface area contributed by atoms with Gasteiger partial charge in [0.25, 0.3) is 0 Å². The third kappa shape index (κ3) is 3.12. The maximum absolute atomic E-state index is 9.40. The van der Waals surface area contributed by atoms with Crippen molar-refractivity contribution in [3.8, 4) is 11.5 Å². The lowest BCUT2D eigenvalue weighted by atomic mass is 10.0. The van der Waals surface area contributed by atoms with Gasteiger partial charge in [0.1, 0.15) is 26.9 Å². The summed E-state index contributed by atoms with van der Waals surface area (Å²) in [4.78, 5) is 0. The van der Waals surface area contributed by atoms with E-state index in [2.05, 4.69) is 21.6 Å². The van der Waals surface area contributed by atoms with Crippen LogP contribution in [0.1, 0.15) is 17.0 Å². The fourth-order valence-corrected chi connectivity index (χ4v) is 9.18. The van der Waals surface area contributed by atoms with Gasteiger partial charge in [-0.25, -0.2) is 0 Å². The van der Waals surface area contributed by atoms with Gasteiger partial charge in [0.2, 0.25) is 4.24 Å². The Kier molecular flexibility index (Phi) is 5.15. The van der Waals surface area contributed by atoms with E-state index in [4.69, 9.17) is 9.47 Å². The topological polar surface area (TPSA) is 38.7 Å². The molecule has 0 aliphatic carbocycles. The molecule has 0 radical (unpaired) electrons. The van der Waals surface area contributed by atoms with Crippen molar-refractivity contribution in [2.45, 2.75) is 12.5 Å². The minimum atomic E-state index is -0.000881. The third-order valence-electron chi connectivity index (χ3n) is 4.00. The van der Waals surface area contributed by atoms with Crippen molar-refractivity contribution in [3.05, 3.63) is 53.4 Å². The number of ether oxygens (including phenoxy) is 2. The summed E-state index contributed by atoms with van der Waals surface area (Å²) in [5.74, 6) is 3.07. The first-order valence-electron chi connectivity index (χ1n) is 7.50. The zero-order valence-electron chi connectivity index (χ0n) is 13.1. The molecule has 3 aliphatic heterocycles. The van der Waals surface area contributed by atoms with Crippen LogP contribution in [-0.4, -0.2) is 24.6 Å². The van der Waals surface area contributed by atoms with E-state index in [0.717, 1.165) is 28.4 Å². The maximum atomic E-state index is 9.40. The number of fused-ring (bicyclic) bond motifs is 1. The summed E-state index contributed by atoms with van der Waals surface area (Å²) in [6, 6.07) is 3.86. The second-order valence-corrected chi connectivity index (χ2v) is 10.6. The molecule has 7 heteroatoms. The highest BCUT2D eigenvalue weighted by molar-refractivity contribution is 8.32. The smallest absolute Gasteiger partial charge is 0.218 e.